The van der Waals surface area contributed by atoms with Crippen LogP contribution in [0.3, 0.4) is 0 Å². The van der Waals surface area contributed by atoms with E-state index in [1.54, 1.807) is 24.3 Å². The molecule has 0 saturated heterocycles. The van der Waals surface area contributed by atoms with Crippen molar-refractivity contribution in [1.29, 1.82) is 0 Å². The first-order valence-electron chi connectivity index (χ1n) is 9.32. The van der Waals surface area contributed by atoms with Gasteiger partial charge in [-0.25, -0.2) is 9.59 Å². The molecule has 1 aliphatic heterocycles. The van der Waals surface area contributed by atoms with Gasteiger partial charge in [-0.2, -0.15) is 0 Å². The average molecular weight is 586 g/mol. The maximum atomic E-state index is 12.2. The Kier molecular flexibility index (Phi) is 7.92. The molecular formula is C21H18Br2N2O8. The molecule has 0 amide bonds. The van der Waals surface area contributed by atoms with E-state index >= 15 is 0 Å². The van der Waals surface area contributed by atoms with E-state index in [0.717, 1.165) is 0 Å². The Balaban J connectivity index is 2.23. The number of halogens is 2. The second-order valence-electron chi connectivity index (χ2n) is 6.74. The van der Waals surface area contributed by atoms with E-state index in [1.165, 1.54) is 14.2 Å². The Morgan fingerprint density at radius 1 is 0.818 bits per heavy atom. The summed E-state index contributed by atoms with van der Waals surface area (Å²) < 4.78 is 10.2. The van der Waals surface area contributed by atoms with Gasteiger partial charge in [-0.15, -0.1) is 0 Å². The average Bonchev–Trinajstić information content (AvgIpc) is 2.80. The Morgan fingerprint density at radius 2 is 1.21 bits per heavy atom. The minimum atomic E-state index is -0.739. The smallest absolute Gasteiger partial charge is 0.356 e. The third-order valence-electron chi connectivity index (χ3n) is 4.58. The Bertz CT molecular complexity index is 1070. The van der Waals surface area contributed by atoms with Gasteiger partial charge < -0.3 is 29.4 Å². The van der Waals surface area contributed by atoms with Crippen LogP contribution in [0.15, 0.2) is 43.5 Å². The molecule has 3 rings (SSSR count). The fourth-order valence-electron chi connectivity index (χ4n) is 3.06. The normalized spacial score (nSPS) is 17.0. The number of oxime groups is 2. The predicted octanol–water partition coefficient (Wildman–Crippen LogP) is 3.44. The molecule has 0 saturated carbocycles. The second-order valence-corrected chi connectivity index (χ2v) is 8.45. The number of phenolic OH excluding ortho intramolecular Hbond substituents is 2. The fourth-order valence-corrected chi connectivity index (χ4v) is 4.08. The molecule has 33 heavy (non-hydrogen) atoms. The van der Waals surface area contributed by atoms with Crippen molar-refractivity contribution >= 4 is 55.2 Å². The summed E-state index contributed by atoms with van der Waals surface area (Å²) in [6.45, 7) is -0.490. The van der Waals surface area contributed by atoms with Gasteiger partial charge >= 0.3 is 11.9 Å². The van der Waals surface area contributed by atoms with Gasteiger partial charge in [-0.05, 0) is 67.3 Å². The number of carbonyl (C=O) groups is 2. The molecule has 0 aliphatic carbocycles. The SMILES string of the molecule is COC(=O)/C1=N/OCO/N=C(/C(=O)OC)Cc2cc(Br)c(O)c(c2)-c2cc(cc(Br)c2O)C1. The lowest BCUT2D eigenvalue weighted by atomic mass is 9.96. The molecule has 2 N–H and O–H groups in total. The van der Waals surface area contributed by atoms with Gasteiger partial charge in [-0.1, -0.05) is 10.3 Å². The molecule has 0 fully saturated rings. The van der Waals surface area contributed by atoms with Gasteiger partial charge in [0.25, 0.3) is 6.79 Å². The number of methoxy groups -OCH3 is 2. The van der Waals surface area contributed by atoms with Crippen LogP contribution in [-0.2, 0) is 41.6 Å². The molecule has 10 nitrogen and oxygen atoms in total. The van der Waals surface area contributed by atoms with E-state index in [4.69, 9.17) is 19.1 Å². The van der Waals surface area contributed by atoms with Crippen LogP contribution in [-0.4, -0.2) is 54.6 Å². The van der Waals surface area contributed by atoms with E-state index in [9.17, 15) is 19.8 Å². The number of nitrogens with zero attached hydrogens (tertiary/aromatic N) is 2. The largest absolute Gasteiger partial charge is 0.506 e. The van der Waals surface area contributed by atoms with Crippen LogP contribution in [0.25, 0.3) is 11.1 Å². The quantitative estimate of drug-likeness (QED) is 0.512. The first kappa shape index (κ1) is 24.5. The number of rotatable bonds is 2. The van der Waals surface area contributed by atoms with Crippen molar-refractivity contribution in [3.8, 4) is 22.6 Å². The highest BCUT2D eigenvalue weighted by molar-refractivity contribution is 9.11. The molecule has 1 heterocycles. The van der Waals surface area contributed by atoms with Crippen LogP contribution in [0, 0.1) is 0 Å². The monoisotopic (exact) mass is 584 g/mol. The Labute approximate surface area is 205 Å². The summed E-state index contributed by atoms with van der Waals surface area (Å²) >= 11 is 6.60. The molecule has 0 spiro atoms. The molecule has 2 aromatic rings. The number of fused-ring (bicyclic) bond motifs is 5. The summed E-state index contributed by atoms with van der Waals surface area (Å²) in [6, 6.07) is 6.38. The van der Waals surface area contributed by atoms with Crippen molar-refractivity contribution in [3.05, 3.63) is 44.3 Å². The lowest BCUT2D eigenvalue weighted by molar-refractivity contribution is -0.133. The zero-order valence-electron chi connectivity index (χ0n) is 17.4. The Morgan fingerprint density at radius 3 is 1.58 bits per heavy atom. The number of carbonyl (C=O) groups excluding carboxylic acids is 2. The third kappa shape index (κ3) is 5.63. The molecule has 0 unspecified atom stereocenters. The Hall–Kier alpha value is -3.12. The highest BCUT2D eigenvalue weighted by Gasteiger charge is 2.22. The van der Waals surface area contributed by atoms with E-state index < -0.39 is 18.7 Å². The van der Waals surface area contributed by atoms with Crippen LogP contribution in [0.5, 0.6) is 11.5 Å². The standard InChI is InChI=1S/C21H18Br2N2O8/c1-30-20(28)16-7-10-3-12(18(26)14(22)5-10)13-4-11(6-15(23)19(13)27)8-17(21(29)31-2)25-33-9-32-24-16/h3-6,26-27H,7-9H2,1-2H3/b24-16+,25-17+. The van der Waals surface area contributed by atoms with Gasteiger partial charge in [0.15, 0.2) is 11.4 Å². The predicted molar refractivity (Wildman–Crippen MR) is 124 cm³/mol. The van der Waals surface area contributed by atoms with Crippen molar-refractivity contribution in [2.45, 2.75) is 12.8 Å². The van der Waals surface area contributed by atoms with Gasteiger partial charge in [0.05, 0.1) is 23.2 Å². The molecule has 4 bridgehead atoms. The van der Waals surface area contributed by atoms with Crippen LogP contribution >= 0.6 is 31.9 Å². The number of benzene rings is 2. The highest BCUT2D eigenvalue weighted by Crippen LogP contribution is 2.44. The van der Waals surface area contributed by atoms with Crippen LogP contribution in [0.1, 0.15) is 11.1 Å². The third-order valence-corrected chi connectivity index (χ3v) is 5.79. The zero-order valence-corrected chi connectivity index (χ0v) is 20.6. The van der Waals surface area contributed by atoms with Crippen molar-refractivity contribution in [3.63, 3.8) is 0 Å². The zero-order chi connectivity index (χ0) is 24.1. The van der Waals surface area contributed by atoms with Gasteiger partial charge in [0.2, 0.25) is 0 Å². The van der Waals surface area contributed by atoms with Gasteiger partial charge in [-0.3, -0.25) is 0 Å². The summed E-state index contributed by atoms with van der Waals surface area (Å²) in [5, 5.41) is 28.9. The number of hydrogen-bond donors (Lipinski definition) is 2. The number of aromatic hydroxyl groups is 2. The lowest BCUT2D eigenvalue weighted by Crippen LogP contribution is -2.20. The first-order valence-corrected chi connectivity index (χ1v) is 10.9. The van der Waals surface area contributed by atoms with Crippen molar-refractivity contribution in [1.82, 2.24) is 0 Å². The molecule has 12 heteroatoms. The summed E-state index contributed by atoms with van der Waals surface area (Å²) in [6.07, 6.45) is -0.0340. The molecular weight excluding hydrogens is 568 g/mol. The number of hydrogen-bond acceptors (Lipinski definition) is 10. The molecule has 0 radical (unpaired) electrons. The van der Waals surface area contributed by atoms with Gasteiger partial charge in [0.1, 0.15) is 11.5 Å². The summed E-state index contributed by atoms with van der Waals surface area (Å²) in [7, 11) is 2.39. The van der Waals surface area contributed by atoms with Crippen LogP contribution < -0.4 is 0 Å². The van der Waals surface area contributed by atoms with E-state index in [-0.39, 0.29) is 46.9 Å². The van der Waals surface area contributed by atoms with Crippen LogP contribution in [0.2, 0.25) is 0 Å². The van der Waals surface area contributed by atoms with E-state index in [1.807, 2.05) is 0 Å². The van der Waals surface area contributed by atoms with Crippen molar-refractivity contribution in [2.24, 2.45) is 10.3 Å². The maximum Gasteiger partial charge on any atom is 0.356 e. The van der Waals surface area contributed by atoms with Crippen LogP contribution in [0.4, 0.5) is 0 Å². The fraction of sp³-hybridized carbons (Fsp3) is 0.238. The van der Waals surface area contributed by atoms with Crippen molar-refractivity contribution in [2.75, 3.05) is 21.0 Å². The molecule has 2 aromatic carbocycles. The number of esters is 2. The minimum absolute atomic E-state index is 0.0170. The second kappa shape index (κ2) is 10.7. The number of phenols is 2. The topological polar surface area (TPSA) is 136 Å². The molecule has 174 valence electrons. The lowest BCUT2D eigenvalue weighted by Gasteiger charge is -2.14. The van der Waals surface area contributed by atoms with Gasteiger partial charge in [0, 0.05) is 24.0 Å². The van der Waals surface area contributed by atoms with Crippen molar-refractivity contribution < 1.29 is 39.0 Å². The van der Waals surface area contributed by atoms with E-state index in [2.05, 4.69) is 42.2 Å². The minimum Gasteiger partial charge on any atom is -0.506 e. The molecule has 1 aliphatic rings. The maximum absolute atomic E-state index is 12.2. The summed E-state index contributed by atoms with van der Waals surface area (Å²) in [5.74, 6) is -1.76. The summed E-state index contributed by atoms with van der Waals surface area (Å²) in [4.78, 5) is 34.4. The highest BCUT2D eigenvalue weighted by atomic mass is 79.9. The number of ether oxygens (including phenoxy) is 2. The van der Waals surface area contributed by atoms with E-state index in [0.29, 0.717) is 20.1 Å². The molecule has 0 aromatic heterocycles. The summed E-state index contributed by atoms with van der Waals surface area (Å²) in [5.41, 5.74) is 1.49. The molecule has 0 atom stereocenters. The first-order chi connectivity index (χ1) is 15.7.